The monoisotopic (exact) mass is 280 g/mol. The van der Waals surface area contributed by atoms with E-state index in [4.69, 9.17) is 4.74 Å². The van der Waals surface area contributed by atoms with Crippen molar-refractivity contribution in [2.24, 2.45) is 0 Å². The molecule has 4 heteroatoms. The van der Waals surface area contributed by atoms with Crippen molar-refractivity contribution in [3.63, 3.8) is 0 Å². The van der Waals surface area contributed by atoms with Gasteiger partial charge in [-0.15, -0.1) is 0 Å². The zero-order chi connectivity index (χ0) is 15.0. The first-order chi connectivity index (χ1) is 10.0. The fourth-order valence-electron chi connectivity index (χ4n) is 2.31. The van der Waals surface area contributed by atoms with Gasteiger partial charge in [-0.05, 0) is 44.5 Å². The second kappa shape index (κ2) is 5.05. The van der Waals surface area contributed by atoms with Gasteiger partial charge in [-0.3, -0.25) is 0 Å². The summed E-state index contributed by atoms with van der Waals surface area (Å²) < 4.78 is 7.31. The molecule has 3 rings (SSSR count). The van der Waals surface area contributed by atoms with E-state index in [2.05, 4.69) is 4.98 Å². The Labute approximate surface area is 123 Å². The number of nitrogens with zero attached hydrogens (tertiary/aromatic N) is 2. The standard InChI is InChI=1S/C17H16N2O2/c1-11-7-8-15(12(2)9-11)21-17(20)14-10-19-13(3)5-4-6-16(19)18-14/h4-10H,1-3H3. The predicted molar refractivity (Wildman–Crippen MR) is 80.8 cm³/mol. The Morgan fingerprint density at radius 3 is 2.67 bits per heavy atom. The molecule has 0 aliphatic heterocycles. The van der Waals surface area contributed by atoms with Gasteiger partial charge in [0.05, 0.1) is 0 Å². The van der Waals surface area contributed by atoms with Gasteiger partial charge < -0.3 is 9.14 Å². The normalized spacial score (nSPS) is 10.8. The Morgan fingerprint density at radius 1 is 1.14 bits per heavy atom. The van der Waals surface area contributed by atoms with Crippen molar-refractivity contribution in [2.45, 2.75) is 20.8 Å². The van der Waals surface area contributed by atoms with Crippen LogP contribution in [-0.2, 0) is 0 Å². The molecule has 1 aromatic carbocycles. The SMILES string of the molecule is Cc1ccc(OC(=O)c2cn3c(C)cccc3n2)c(C)c1. The van der Waals surface area contributed by atoms with E-state index in [0.717, 1.165) is 22.5 Å². The topological polar surface area (TPSA) is 43.6 Å². The van der Waals surface area contributed by atoms with E-state index in [1.165, 1.54) is 0 Å². The quantitative estimate of drug-likeness (QED) is 0.533. The number of hydrogen-bond donors (Lipinski definition) is 0. The summed E-state index contributed by atoms with van der Waals surface area (Å²) in [5.41, 5.74) is 4.14. The molecule has 0 unspecified atom stereocenters. The van der Waals surface area contributed by atoms with Crippen molar-refractivity contribution in [2.75, 3.05) is 0 Å². The van der Waals surface area contributed by atoms with Crippen LogP contribution in [0.1, 0.15) is 27.3 Å². The lowest BCUT2D eigenvalue weighted by molar-refractivity contribution is 0.0728. The van der Waals surface area contributed by atoms with E-state index in [-0.39, 0.29) is 0 Å². The van der Waals surface area contributed by atoms with Crippen LogP contribution < -0.4 is 4.74 Å². The molecule has 0 spiro atoms. The van der Waals surface area contributed by atoms with E-state index >= 15 is 0 Å². The van der Waals surface area contributed by atoms with Crippen LogP contribution in [0.4, 0.5) is 0 Å². The largest absolute Gasteiger partial charge is 0.421 e. The smallest absolute Gasteiger partial charge is 0.363 e. The molecule has 2 heterocycles. The minimum Gasteiger partial charge on any atom is -0.421 e. The van der Waals surface area contributed by atoms with Crippen molar-refractivity contribution >= 4 is 11.6 Å². The third kappa shape index (κ3) is 2.52. The fraction of sp³-hybridized carbons (Fsp3) is 0.176. The molecule has 0 aliphatic rings. The van der Waals surface area contributed by atoms with Crippen molar-refractivity contribution in [3.05, 3.63) is 65.1 Å². The molecule has 3 aromatic rings. The van der Waals surface area contributed by atoms with Crippen molar-refractivity contribution in [1.29, 1.82) is 0 Å². The minimum absolute atomic E-state index is 0.310. The first-order valence-electron chi connectivity index (χ1n) is 6.79. The van der Waals surface area contributed by atoms with E-state index < -0.39 is 5.97 Å². The molecule has 0 bridgehead atoms. The number of aromatic nitrogens is 2. The number of carbonyl (C=O) groups is 1. The number of esters is 1. The molecule has 0 amide bonds. The number of hydrogen-bond acceptors (Lipinski definition) is 3. The maximum Gasteiger partial charge on any atom is 0.363 e. The van der Waals surface area contributed by atoms with Crippen LogP contribution >= 0.6 is 0 Å². The highest BCUT2D eigenvalue weighted by atomic mass is 16.5. The molecule has 0 aliphatic carbocycles. The molecule has 0 radical (unpaired) electrons. The molecule has 0 saturated carbocycles. The lowest BCUT2D eigenvalue weighted by atomic mass is 10.1. The zero-order valence-electron chi connectivity index (χ0n) is 12.3. The number of benzene rings is 1. The van der Waals surface area contributed by atoms with Gasteiger partial charge in [-0.25, -0.2) is 9.78 Å². The summed E-state index contributed by atoms with van der Waals surface area (Å²) in [4.78, 5) is 16.5. The maximum atomic E-state index is 12.2. The summed E-state index contributed by atoms with van der Waals surface area (Å²) in [6.07, 6.45) is 1.70. The summed E-state index contributed by atoms with van der Waals surface area (Å²) in [5, 5.41) is 0. The first kappa shape index (κ1) is 13.4. The molecule has 0 atom stereocenters. The van der Waals surface area contributed by atoms with Crippen molar-refractivity contribution in [1.82, 2.24) is 9.38 Å². The summed E-state index contributed by atoms with van der Waals surface area (Å²) in [6, 6.07) is 11.5. The molecule has 0 N–H and O–H groups in total. The molecule has 21 heavy (non-hydrogen) atoms. The lowest BCUT2D eigenvalue weighted by Crippen LogP contribution is -2.09. The Kier molecular flexibility index (Phi) is 3.22. The van der Waals surface area contributed by atoms with Crippen LogP contribution in [0.15, 0.2) is 42.6 Å². The van der Waals surface area contributed by atoms with E-state index in [9.17, 15) is 4.79 Å². The number of carbonyl (C=O) groups excluding carboxylic acids is 1. The maximum absolute atomic E-state index is 12.2. The van der Waals surface area contributed by atoms with Gasteiger partial charge in [0, 0.05) is 11.9 Å². The summed E-state index contributed by atoms with van der Waals surface area (Å²) >= 11 is 0. The predicted octanol–water partition coefficient (Wildman–Crippen LogP) is 3.48. The van der Waals surface area contributed by atoms with Gasteiger partial charge in [0.1, 0.15) is 11.4 Å². The summed E-state index contributed by atoms with van der Waals surface area (Å²) in [7, 11) is 0. The lowest BCUT2D eigenvalue weighted by Gasteiger charge is -2.06. The molecular weight excluding hydrogens is 264 g/mol. The highest BCUT2D eigenvalue weighted by molar-refractivity contribution is 5.89. The Balaban J connectivity index is 1.92. The Bertz CT molecular complexity index is 834. The fourth-order valence-corrected chi connectivity index (χ4v) is 2.31. The molecule has 106 valence electrons. The number of pyridine rings is 1. The number of aryl methyl sites for hydroxylation is 3. The van der Waals surface area contributed by atoms with Gasteiger partial charge >= 0.3 is 5.97 Å². The van der Waals surface area contributed by atoms with Crippen LogP contribution in [-0.4, -0.2) is 15.4 Å². The highest BCUT2D eigenvalue weighted by Crippen LogP contribution is 2.20. The van der Waals surface area contributed by atoms with Gasteiger partial charge in [0.2, 0.25) is 0 Å². The number of imidazole rings is 1. The molecule has 2 aromatic heterocycles. The van der Waals surface area contributed by atoms with Crippen molar-refractivity contribution in [3.8, 4) is 5.75 Å². The number of fused-ring (bicyclic) bond motifs is 1. The van der Waals surface area contributed by atoms with Crippen LogP contribution in [0.5, 0.6) is 5.75 Å². The molecule has 4 nitrogen and oxygen atoms in total. The van der Waals surface area contributed by atoms with Crippen LogP contribution in [0.25, 0.3) is 5.65 Å². The van der Waals surface area contributed by atoms with Crippen molar-refractivity contribution < 1.29 is 9.53 Å². The number of ether oxygens (including phenoxy) is 1. The average Bonchev–Trinajstić information content (AvgIpc) is 2.87. The van der Waals surface area contributed by atoms with Gasteiger partial charge in [-0.1, -0.05) is 23.8 Å². The third-order valence-corrected chi connectivity index (χ3v) is 3.44. The second-order valence-corrected chi connectivity index (χ2v) is 5.18. The minimum atomic E-state index is -0.440. The van der Waals surface area contributed by atoms with Crippen LogP contribution in [0.3, 0.4) is 0 Å². The summed E-state index contributed by atoms with van der Waals surface area (Å²) in [6.45, 7) is 5.89. The van der Waals surface area contributed by atoms with E-state index in [0.29, 0.717) is 11.4 Å². The molecular formula is C17H16N2O2. The Morgan fingerprint density at radius 2 is 1.95 bits per heavy atom. The Hall–Kier alpha value is -2.62. The van der Waals surface area contributed by atoms with Gasteiger partial charge in [-0.2, -0.15) is 0 Å². The third-order valence-electron chi connectivity index (χ3n) is 3.44. The summed E-state index contributed by atoms with van der Waals surface area (Å²) in [5.74, 6) is 0.129. The number of rotatable bonds is 2. The highest BCUT2D eigenvalue weighted by Gasteiger charge is 2.15. The van der Waals surface area contributed by atoms with E-state index in [1.54, 1.807) is 6.20 Å². The zero-order valence-corrected chi connectivity index (χ0v) is 12.3. The average molecular weight is 280 g/mol. The first-order valence-corrected chi connectivity index (χ1v) is 6.79. The van der Waals surface area contributed by atoms with Crippen LogP contribution in [0.2, 0.25) is 0 Å². The van der Waals surface area contributed by atoms with Gasteiger partial charge in [0.15, 0.2) is 5.69 Å². The van der Waals surface area contributed by atoms with Gasteiger partial charge in [0.25, 0.3) is 0 Å². The molecule has 0 fully saturated rings. The van der Waals surface area contributed by atoms with Crippen LogP contribution in [0, 0.1) is 20.8 Å². The van der Waals surface area contributed by atoms with E-state index in [1.807, 2.05) is 61.6 Å². The second-order valence-electron chi connectivity index (χ2n) is 5.18. The molecule has 0 saturated heterocycles.